The summed E-state index contributed by atoms with van der Waals surface area (Å²) in [4.78, 5) is 19.0. The summed E-state index contributed by atoms with van der Waals surface area (Å²) in [6.45, 7) is 2.33. The monoisotopic (exact) mass is 321 g/mol. The molecular weight excluding hydrogens is 298 g/mol. The van der Waals surface area contributed by atoms with Gasteiger partial charge in [-0.3, -0.25) is 4.79 Å². The first kappa shape index (κ1) is 16.2. The van der Waals surface area contributed by atoms with E-state index in [9.17, 15) is 4.79 Å². The maximum Gasteiger partial charge on any atom is 0.257 e. The van der Waals surface area contributed by atoms with Gasteiger partial charge < -0.3 is 10.2 Å². The summed E-state index contributed by atoms with van der Waals surface area (Å²) in [6.07, 6.45) is 9.22. The average molecular weight is 321 g/mol. The SMILES string of the molecule is O=C(c1cccnc1NC/C=C/c1ccccc1)N1CCCCC1. The molecule has 4 heteroatoms. The maximum absolute atomic E-state index is 12.7. The third-order valence-electron chi connectivity index (χ3n) is 4.18. The Morgan fingerprint density at radius 3 is 2.67 bits per heavy atom. The Bertz CT molecular complexity index is 691. The molecule has 0 unspecified atom stereocenters. The molecule has 1 aliphatic rings. The Morgan fingerprint density at radius 1 is 1.08 bits per heavy atom. The van der Waals surface area contributed by atoms with Crippen LogP contribution in [0.3, 0.4) is 0 Å². The predicted molar refractivity (Wildman–Crippen MR) is 98.0 cm³/mol. The largest absolute Gasteiger partial charge is 0.366 e. The van der Waals surface area contributed by atoms with E-state index < -0.39 is 0 Å². The minimum atomic E-state index is 0.0809. The number of nitrogens with one attached hydrogen (secondary N) is 1. The first-order valence-electron chi connectivity index (χ1n) is 8.54. The van der Waals surface area contributed by atoms with Gasteiger partial charge in [0.15, 0.2) is 0 Å². The number of likely N-dealkylation sites (tertiary alicyclic amines) is 1. The van der Waals surface area contributed by atoms with Crippen LogP contribution in [-0.4, -0.2) is 35.4 Å². The smallest absolute Gasteiger partial charge is 0.257 e. The molecule has 0 bridgehead atoms. The maximum atomic E-state index is 12.7. The summed E-state index contributed by atoms with van der Waals surface area (Å²) in [5, 5.41) is 3.26. The third-order valence-corrected chi connectivity index (χ3v) is 4.18. The van der Waals surface area contributed by atoms with Crippen LogP contribution in [0.1, 0.15) is 35.2 Å². The fourth-order valence-electron chi connectivity index (χ4n) is 2.90. The minimum Gasteiger partial charge on any atom is -0.366 e. The first-order chi connectivity index (χ1) is 11.8. The summed E-state index contributed by atoms with van der Waals surface area (Å²) >= 11 is 0. The molecule has 124 valence electrons. The molecule has 0 atom stereocenters. The molecule has 1 N–H and O–H groups in total. The summed E-state index contributed by atoms with van der Waals surface area (Å²) in [6, 6.07) is 13.8. The van der Waals surface area contributed by atoms with E-state index in [0.717, 1.165) is 31.5 Å². The first-order valence-corrected chi connectivity index (χ1v) is 8.54. The van der Waals surface area contributed by atoms with E-state index in [1.54, 1.807) is 6.20 Å². The highest BCUT2D eigenvalue weighted by Gasteiger charge is 2.20. The Kier molecular flexibility index (Phi) is 5.61. The fourth-order valence-corrected chi connectivity index (χ4v) is 2.90. The second-order valence-corrected chi connectivity index (χ2v) is 5.95. The number of carbonyl (C=O) groups excluding carboxylic acids is 1. The second-order valence-electron chi connectivity index (χ2n) is 5.95. The third kappa shape index (κ3) is 4.22. The van der Waals surface area contributed by atoms with E-state index in [0.29, 0.717) is 17.9 Å². The number of anilines is 1. The number of hydrogen-bond donors (Lipinski definition) is 1. The zero-order chi connectivity index (χ0) is 16.6. The van der Waals surface area contributed by atoms with Crippen molar-refractivity contribution in [2.24, 2.45) is 0 Å². The molecule has 1 aromatic heterocycles. The van der Waals surface area contributed by atoms with Crippen LogP contribution in [0.25, 0.3) is 6.08 Å². The van der Waals surface area contributed by atoms with E-state index >= 15 is 0 Å². The van der Waals surface area contributed by atoms with Crippen molar-refractivity contribution in [1.29, 1.82) is 0 Å². The molecule has 1 saturated heterocycles. The van der Waals surface area contributed by atoms with Crippen molar-refractivity contribution in [1.82, 2.24) is 9.88 Å². The highest BCUT2D eigenvalue weighted by Crippen LogP contribution is 2.18. The molecule has 2 heterocycles. The fraction of sp³-hybridized carbons (Fsp3) is 0.300. The van der Waals surface area contributed by atoms with Crippen LogP contribution in [0.2, 0.25) is 0 Å². The van der Waals surface area contributed by atoms with Gasteiger partial charge in [0, 0.05) is 25.8 Å². The van der Waals surface area contributed by atoms with E-state index in [2.05, 4.69) is 28.5 Å². The molecule has 0 saturated carbocycles. The van der Waals surface area contributed by atoms with E-state index in [-0.39, 0.29) is 5.91 Å². The molecule has 24 heavy (non-hydrogen) atoms. The standard InChI is InChI=1S/C20H23N3O/c24-20(23-15-5-2-6-16-23)18-12-8-14-22-19(18)21-13-7-11-17-9-3-1-4-10-17/h1,3-4,7-12,14H,2,5-6,13,15-16H2,(H,21,22)/b11-7+. The lowest BCUT2D eigenvalue weighted by atomic mass is 10.1. The Labute approximate surface area is 143 Å². The number of pyridine rings is 1. The zero-order valence-electron chi connectivity index (χ0n) is 13.8. The topological polar surface area (TPSA) is 45.2 Å². The summed E-state index contributed by atoms with van der Waals surface area (Å²) in [5.74, 6) is 0.739. The van der Waals surface area contributed by atoms with Crippen LogP contribution in [0.4, 0.5) is 5.82 Å². The molecule has 4 nitrogen and oxygen atoms in total. The summed E-state index contributed by atoms with van der Waals surface area (Å²) in [5.41, 5.74) is 1.82. The van der Waals surface area contributed by atoms with Gasteiger partial charge in [0.2, 0.25) is 0 Å². The van der Waals surface area contributed by atoms with E-state index in [1.165, 1.54) is 6.42 Å². The predicted octanol–water partition coefficient (Wildman–Crippen LogP) is 3.83. The number of benzene rings is 1. The number of aromatic nitrogens is 1. The number of nitrogens with zero attached hydrogens (tertiary/aromatic N) is 2. The molecule has 1 amide bonds. The minimum absolute atomic E-state index is 0.0809. The van der Waals surface area contributed by atoms with Crippen LogP contribution in [0.15, 0.2) is 54.7 Å². The lowest BCUT2D eigenvalue weighted by Crippen LogP contribution is -2.36. The average Bonchev–Trinajstić information content (AvgIpc) is 2.66. The Morgan fingerprint density at radius 2 is 1.88 bits per heavy atom. The van der Waals surface area contributed by atoms with Gasteiger partial charge in [0.25, 0.3) is 5.91 Å². The Hall–Kier alpha value is -2.62. The van der Waals surface area contributed by atoms with Crippen molar-refractivity contribution < 1.29 is 4.79 Å². The molecule has 0 radical (unpaired) electrons. The van der Waals surface area contributed by atoms with Crippen LogP contribution in [-0.2, 0) is 0 Å². The van der Waals surface area contributed by atoms with Gasteiger partial charge in [0.05, 0.1) is 5.56 Å². The molecule has 2 aromatic rings. The quantitative estimate of drug-likeness (QED) is 0.910. The van der Waals surface area contributed by atoms with Crippen LogP contribution >= 0.6 is 0 Å². The van der Waals surface area contributed by atoms with Gasteiger partial charge in [-0.05, 0) is 37.0 Å². The number of rotatable bonds is 5. The van der Waals surface area contributed by atoms with Gasteiger partial charge in [0.1, 0.15) is 5.82 Å². The molecule has 0 spiro atoms. The van der Waals surface area contributed by atoms with Gasteiger partial charge in [-0.15, -0.1) is 0 Å². The molecule has 1 aromatic carbocycles. The van der Waals surface area contributed by atoms with Crippen molar-refractivity contribution in [3.63, 3.8) is 0 Å². The highest BCUT2D eigenvalue weighted by molar-refractivity contribution is 5.98. The van der Waals surface area contributed by atoms with Crippen molar-refractivity contribution in [3.8, 4) is 0 Å². The molecule has 1 aliphatic heterocycles. The lowest BCUT2D eigenvalue weighted by Gasteiger charge is -2.27. The van der Waals surface area contributed by atoms with E-state index in [1.807, 2.05) is 41.3 Å². The number of piperidine rings is 1. The van der Waals surface area contributed by atoms with Crippen molar-refractivity contribution in [2.75, 3.05) is 25.0 Å². The molecule has 1 fully saturated rings. The van der Waals surface area contributed by atoms with Crippen LogP contribution in [0, 0.1) is 0 Å². The van der Waals surface area contributed by atoms with Gasteiger partial charge in [-0.1, -0.05) is 42.5 Å². The molecular formula is C20H23N3O. The zero-order valence-corrected chi connectivity index (χ0v) is 13.8. The Balaban J connectivity index is 1.63. The highest BCUT2D eigenvalue weighted by atomic mass is 16.2. The van der Waals surface area contributed by atoms with E-state index in [4.69, 9.17) is 0 Å². The summed E-state index contributed by atoms with van der Waals surface area (Å²) < 4.78 is 0. The number of carbonyl (C=O) groups is 1. The number of amides is 1. The van der Waals surface area contributed by atoms with Gasteiger partial charge in [-0.2, -0.15) is 0 Å². The second kappa shape index (κ2) is 8.29. The van der Waals surface area contributed by atoms with Crippen molar-refractivity contribution in [3.05, 3.63) is 65.9 Å². The normalized spacial score (nSPS) is 14.8. The summed E-state index contributed by atoms with van der Waals surface area (Å²) in [7, 11) is 0. The number of hydrogen-bond acceptors (Lipinski definition) is 3. The van der Waals surface area contributed by atoms with Crippen LogP contribution in [0.5, 0.6) is 0 Å². The van der Waals surface area contributed by atoms with Gasteiger partial charge in [-0.25, -0.2) is 4.98 Å². The lowest BCUT2D eigenvalue weighted by molar-refractivity contribution is 0.0725. The molecule has 0 aliphatic carbocycles. The van der Waals surface area contributed by atoms with Gasteiger partial charge >= 0.3 is 0 Å². The van der Waals surface area contributed by atoms with Crippen LogP contribution < -0.4 is 5.32 Å². The van der Waals surface area contributed by atoms with Crippen molar-refractivity contribution >= 4 is 17.8 Å². The van der Waals surface area contributed by atoms with Crippen molar-refractivity contribution in [2.45, 2.75) is 19.3 Å². The molecule has 3 rings (SSSR count).